The Morgan fingerprint density at radius 1 is 1.00 bits per heavy atom. The fourth-order valence-corrected chi connectivity index (χ4v) is 5.92. The molecule has 2 fully saturated rings. The van der Waals surface area contributed by atoms with E-state index < -0.39 is 10.0 Å². The number of anilines is 1. The molecule has 0 aliphatic carbocycles. The molecule has 2 saturated heterocycles. The molecule has 26 heavy (non-hydrogen) atoms. The number of benzene rings is 1. The molecule has 0 N–H and O–H groups in total. The van der Waals surface area contributed by atoms with E-state index in [2.05, 4.69) is 29.1 Å². The molecule has 0 amide bonds. The van der Waals surface area contributed by atoms with Gasteiger partial charge < -0.3 is 4.90 Å². The van der Waals surface area contributed by atoms with Gasteiger partial charge in [-0.2, -0.15) is 4.31 Å². The van der Waals surface area contributed by atoms with Gasteiger partial charge in [-0.15, -0.1) is 0 Å². The van der Waals surface area contributed by atoms with E-state index in [-0.39, 0.29) is 4.90 Å². The molecular weight excluding hydrogens is 352 g/mol. The van der Waals surface area contributed by atoms with E-state index in [1.165, 1.54) is 6.42 Å². The topological polar surface area (TPSA) is 79.5 Å². The van der Waals surface area contributed by atoms with Crippen molar-refractivity contribution in [2.24, 2.45) is 11.8 Å². The molecule has 4 rings (SSSR count). The summed E-state index contributed by atoms with van der Waals surface area (Å²) in [4.78, 5) is 2.47. The second kappa shape index (κ2) is 6.81. The summed E-state index contributed by atoms with van der Waals surface area (Å²) in [5, 5.41) is 8.00. The molecule has 2 atom stereocenters. The molecule has 0 saturated carbocycles. The minimum absolute atomic E-state index is 0.205. The average Bonchev–Trinajstić information content (AvgIpc) is 3.10. The fraction of sp³-hybridized carbons (Fsp3) is 0.667. The monoisotopic (exact) mass is 378 g/mol. The van der Waals surface area contributed by atoms with Gasteiger partial charge in [0.15, 0.2) is 11.0 Å². The van der Waals surface area contributed by atoms with E-state index >= 15 is 0 Å². The summed E-state index contributed by atoms with van der Waals surface area (Å²) in [6, 6.07) is 3.54. The van der Waals surface area contributed by atoms with Crippen molar-refractivity contribution < 1.29 is 13.0 Å². The van der Waals surface area contributed by atoms with Crippen molar-refractivity contribution in [3.05, 3.63) is 12.1 Å². The highest BCUT2D eigenvalue weighted by Crippen LogP contribution is 2.34. The van der Waals surface area contributed by atoms with Crippen LogP contribution in [0.2, 0.25) is 0 Å². The Balaban J connectivity index is 1.73. The number of nitrogens with zero attached hydrogens (tertiary/aromatic N) is 4. The zero-order chi connectivity index (χ0) is 18.3. The molecule has 0 radical (unpaired) electrons. The van der Waals surface area contributed by atoms with Gasteiger partial charge in [0, 0.05) is 26.2 Å². The highest BCUT2D eigenvalue weighted by atomic mass is 32.2. The van der Waals surface area contributed by atoms with Gasteiger partial charge in [-0.25, -0.2) is 13.0 Å². The Bertz CT molecular complexity index is 895. The maximum atomic E-state index is 13.2. The molecule has 142 valence electrons. The standard InChI is InChI=1S/C18H26N4O3S/c1-13-5-3-9-21(11-13)15-7-8-16(18-17(15)19-25-20-18)26(23,24)22-10-4-6-14(2)12-22/h7-8,13-14H,3-6,9-12H2,1-2H3/t13-,14+/m0/s1. The minimum atomic E-state index is -3.60. The quantitative estimate of drug-likeness (QED) is 0.817. The number of piperidine rings is 2. The fourth-order valence-electron chi connectivity index (χ4n) is 4.21. The molecular formula is C18H26N4O3S. The SMILES string of the molecule is C[C@@H]1CCCN(S(=O)(=O)c2ccc(N3CCC[C@H](C)C3)c3nonc23)C1. The number of rotatable bonds is 3. The molecule has 2 aliphatic heterocycles. The molecule has 0 spiro atoms. The molecule has 0 unspecified atom stereocenters. The maximum absolute atomic E-state index is 13.2. The summed E-state index contributed by atoms with van der Waals surface area (Å²) < 4.78 is 32.9. The van der Waals surface area contributed by atoms with Crippen molar-refractivity contribution in [3.8, 4) is 0 Å². The Kier molecular flexibility index (Phi) is 4.64. The van der Waals surface area contributed by atoms with Crippen LogP contribution < -0.4 is 4.90 Å². The first-order valence-corrected chi connectivity index (χ1v) is 10.9. The smallest absolute Gasteiger partial charge is 0.245 e. The van der Waals surface area contributed by atoms with Crippen molar-refractivity contribution in [2.75, 3.05) is 31.1 Å². The van der Waals surface area contributed by atoms with Crippen LogP contribution in [0.1, 0.15) is 39.5 Å². The lowest BCUT2D eigenvalue weighted by Gasteiger charge is -2.33. The molecule has 2 aliphatic rings. The maximum Gasteiger partial charge on any atom is 0.245 e. The first-order chi connectivity index (χ1) is 12.5. The number of fused-ring (bicyclic) bond motifs is 1. The highest BCUT2D eigenvalue weighted by Gasteiger charge is 2.32. The van der Waals surface area contributed by atoms with Crippen LogP contribution >= 0.6 is 0 Å². The number of hydrogen-bond donors (Lipinski definition) is 0. The van der Waals surface area contributed by atoms with E-state index in [0.29, 0.717) is 36.0 Å². The normalized spacial score (nSPS) is 25.7. The van der Waals surface area contributed by atoms with E-state index in [1.54, 1.807) is 10.4 Å². The van der Waals surface area contributed by atoms with Crippen LogP contribution in [0, 0.1) is 11.8 Å². The summed E-state index contributed by atoms with van der Waals surface area (Å²) >= 11 is 0. The predicted molar refractivity (Wildman–Crippen MR) is 99.6 cm³/mol. The van der Waals surface area contributed by atoms with E-state index in [1.807, 2.05) is 6.07 Å². The summed E-state index contributed by atoms with van der Waals surface area (Å²) in [6.45, 7) is 7.33. The Morgan fingerprint density at radius 3 is 2.42 bits per heavy atom. The number of sulfonamides is 1. The molecule has 1 aromatic heterocycles. The lowest BCUT2D eigenvalue weighted by Crippen LogP contribution is -2.39. The minimum Gasteiger partial charge on any atom is -0.369 e. The summed E-state index contributed by atoms with van der Waals surface area (Å²) in [6.07, 6.45) is 4.30. The van der Waals surface area contributed by atoms with Crippen LogP contribution in [0.15, 0.2) is 21.7 Å². The Hall–Kier alpha value is -1.67. The van der Waals surface area contributed by atoms with Crippen molar-refractivity contribution >= 4 is 26.7 Å². The first kappa shape index (κ1) is 17.7. The van der Waals surface area contributed by atoms with Crippen LogP contribution in [-0.4, -0.2) is 49.2 Å². The van der Waals surface area contributed by atoms with Gasteiger partial charge in [0.2, 0.25) is 10.0 Å². The lowest BCUT2D eigenvalue weighted by molar-refractivity contribution is 0.281. The van der Waals surface area contributed by atoms with Gasteiger partial charge in [0.05, 0.1) is 5.69 Å². The van der Waals surface area contributed by atoms with Gasteiger partial charge in [-0.3, -0.25) is 0 Å². The molecule has 1 aromatic carbocycles. The van der Waals surface area contributed by atoms with Gasteiger partial charge in [0.1, 0.15) is 4.90 Å². The summed E-state index contributed by atoms with van der Waals surface area (Å²) in [5.41, 5.74) is 1.81. The second-order valence-electron chi connectivity index (χ2n) is 7.85. The highest BCUT2D eigenvalue weighted by molar-refractivity contribution is 7.89. The first-order valence-electron chi connectivity index (χ1n) is 9.47. The van der Waals surface area contributed by atoms with Crippen LogP contribution in [0.5, 0.6) is 0 Å². The van der Waals surface area contributed by atoms with Crippen LogP contribution in [-0.2, 0) is 10.0 Å². The summed E-state index contributed by atoms with van der Waals surface area (Å²) in [7, 11) is -3.60. The van der Waals surface area contributed by atoms with Crippen molar-refractivity contribution in [2.45, 2.75) is 44.4 Å². The van der Waals surface area contributed by atoms with Crippen molar-refractivity contribution in [1.29, 1.82) is 0 Å². The van der Waals surface area contributed by atoms with E-state index in [9.17, 15) is 8.42 Å². The van der Waals surface area contributed by atoms with Gasteiger partial charge in [-0.1, -0.05) is 13.8 Å². The third kappa shape index (κ3) is 3.09. The van der Waals surface area contributed by atoms with E-state index in [4.69, 9.17) is 4.63 Å². The van der Waals surface area contributed by atoms with Crippen molar-refractivity contribution in [1.82, 2.24) is 14.6 Å². The van der Waals surface area contributed by atoms with E-state index in [0.717, 1.165) is 38.0 Å². The second-order valence-corrected chi connectivity index (χ2v) is 9.75. The molecule has 3 heterocycles. The Labute approximate surface area is 154 Å². The zero-order valence-corrected chi connectivity index (χ0v) is 16.2. The lowest BCUT2D eigenvalue weighted by atomic mass is 9.99. The Morgan fingerprint density at radius 2 is 1.69 bits per heavy atom. The van der Waals surface area contributed by atoms with Crippen LogP contribution in [0.25, 0.3) is 11.0 Å². The van der Waals surface area contributed by atoms with Gasteiger partial charge >= 0.3 is 0 Å². The zero-order valence-electron chi connectivity index (χ0n) is 15.4. The summed E-state index contributed by atoms with van der Waals surface area (Å²) in [5.74, 6) is 0.982. The molecule has 7 nitrogen and oxygen atoms in total. The van der Waals surface area contributed by atoms with Gasteiger partial charge in [0.25, 0.3) is 0 Å². The largest absolute Gasteiger partial charge is 0.369 e. The van der Waals surface area contributed by atoms with Crippen LogP contribution in [0.3, 0.4) is 0 Å². The average molecular weight is 378 g/mol. The third-order valence-electron chi connectivity index (χ3n) is 5.59. The number of aromatic nitrogens is 2. The van der Waals surface area contributed by atoms with Crippen LogP contribution in [0.4, 0.5) is 5.69 Å². The predicted octanol–water partition coefficient (Wildman–Crippen LogP) is 2.88. The number of hydrogen-bond acceptors (Lipinski definition) is 6. The molecule has 8 heteroatoms. The molecule has 2 aromatic rings. The van der Waals surface area contributed by atoms with Gasteiger partial charge in [-0.05, 0) is 60.0 Å². The van der Waals surface area contributed by atoms with Crippen molar-refractivity contribution in [3.63, 3.8) is 0 Å². The molecule has 0 bridgehead atoms. The third-order valence-corrected chi connectivity index (χ3v) is 7.49.